The molecule has 2 heterocycles. The van der Waals surface area contributed by atoms with Gasteiger partial charge < -0.3 is 14.3 Å². The van der Waals surface area contributed by atoms with Gasteiger partial charge in [0.05, 0.1) is 6.42 Å². The third kappa shape index (κ3) is 4.24. The SMILES string of the molecule is Cc1ccccc1-c1nc(CC(=O)N2CCN(C(=O)C(C)(C)C)[C@H](C)C2)no1. The minimum atomic E-state index is -0.420. The van der Waals surface area contributed by atoms with E-state index in [0.717, 1.165) is 11.1 Å². The number of hydrogen-bond acceptors (Lipinski definition) is 5. The zero-order valence-electron chi connectivity index (χ0n) is 17.2. The molecule has 7 nitrogen and oxygen atoms in total. The fourth-order valence-electron chi connectivity index (χ4n) is 3.41. The van der Waals surface area contributed by atoms with E-state index in [4.69, 9.17) is 4.52 Å². The number of piperazine rings is 1. The first-order chi connectivity index (χ1) is 13.2. The molecule has 0 radical (unpaired) electrons. The van der Waals surface area contributed by atoms with Crippen molar-refractivity contribution in [2.24, 2.45) is 5.41 Å². The van der Waals surface area contributed by atoms with Crippen LogP contribution in [0.15, 0.2) is 28.8 Å². The summed E-state index contributed by atoms with van der Waals surface area (Å²) in [5, 5.41) is 3.96. The van der Waals surface area contributed by atoms with Crippen LogP contribution in [0.5, 0.6) is 0 Å². The van der Waals surface area contributed by atoms with Crippen LogP contribution in [0.1, 0.15) is 39.1 Å². The van der Waals surface area contributed by atoms with Gasteiger partial charge in [0, 0.05) is 36.7 Å². The second-order valence-corrected chi connectivity index (χ2v) is 8.44. The number of carbonyl (C=O) groups is 2. The van der Waals surface area contributed by atoms with Gasteiger partial charge in [-0.15, -0.1) is 0 Å². The normalized spacial score (nSPS) is 17.7. The van der Waals surface area contributed by atoms with Crippen LogP contribution in [-0.4, -0.2) is 57.4 Å². The van der Waals surface area contributed by atoms with E-state index in [2.05, 4.69) is 10.1 Å². The lowest BCUT2D eigenvalue weighted by atomic mass is 9.93. The molecule has 2 amide bonds. The lowest BCUT2D eigenvalue weighted by Gasteiger charge is -2.42. The Labute approximate surface area is 165 Å². The molecule has 1 aromatic heterocycles. The zero-order valence-corrected chi connectivity index (χ0v) is 17.2. The predicted octanol–water partition coefficient (Wildman–Crippen LogP) is 2.69. The minimum Gasteiger partial charge on any atom is -0.338 e. The first kappa shape index (κ1) is 20.0. The van der Waals surface area contributed by atoms with E-state index < -0.39 is 5.41 Å². The second kappa shape index (κ2) is 7.73. The number of hydrogen-bond donors (Lipinski definition) is 0. The number of carbonyl (C=O) groups excluding carboxylic acids is 2. The van der Waals surface area contributed by atoms with Gasteiger partial charge in [0.25, 0.3) is 5.89 Å². The zero-order chi connectivity index (χ0) is 20.5. The standard InChI is InChI=1S/C21H28N4O3/c1-14-8-6-7-9-16(14)19-22-17(23-28-19)12-18(26)24-10-11-25(15(2)13-24)20(27)21(3,4)5/h6-9,15H,10-13H2,1-5H3/t15-/m1/s1. The minimum absolute atomic E-state index is 0.0165. The molecule has 0 unspecified atom stereocenters. The summed E-state index contributed by atoms with van der Waals surface area (Å²) in [7, 11) is 0. The van der Waals surface area contributed by atoms with E-state index >= 15 is 0 Å². The van der Waals surface area contributed by atoms with E-state index in [1.54, 1.807) is 4.90 Å². The fraction of sp³-hybridized carbons (Fsp3) is 0.524. The molecule has 1 aliphatic heterocycles. The summed E-state index contributed by atoms with van der Waals surface area (Å²) in [6.45, 7) is 11.3. The van der Waals surface area contributed by atoms with Crippen molar-refractivity contribution in [2.75, 3.05) is 19.6 Å². The molecule has 7 heteroatoms. The highest BCUT2D eigenvalue weighted by Gasteiger charge is 2.35. The molecule has 3 rings (SSSR count). The van der Waals surface area contributed by atoms with Crippen LogP contribution in [0.25, 0.3) is 11.5 Å². The molecule has 0 spiro atoms. The predicted molar refractivity (Wildman–Crippen MR) is 105 cm³/mol. The Morgan fingerprint density at radius 3 is 2.57 bits per heavy atom. The van der Waals surface area contributed by atoms with Crippen molar-refractivity contribution in [1.29, 1.82) is 0 Å². The molecule has 0 saturated carbocycles. The van der Waals surface area contributed by atoms with Crippen molar-refractivity contribution in [3.8, 4) is 11.5 Å². The molecule has 0 bridgehead atoms. The fourth-order valence-corrected chi connectivity index (χ4v) is 3.41. The van der Waals surface area contributed by atoms with Gasteiger partial charge in [-0.05, 0) is 25.5 Å². The number of benzene rings is 1. The summed E-state index contributed by atoms with van der Waals surface area (Å²) in [6, 6.07) is 7.74. The van der Waals surface area contributed by atoms with E-state index in [-0.39, 0.29) is 24.3 Å². The van der Waals surface area contributed by atoms with Crippen LogP contribution in [0.4, 0.5) is 0 Å². The van der Waals surface area contributed by atoms with Crippen molar-refractivity contribution in [2.45, 2.75) is 47.1 Å². The maximum Gasteiger partial charge on any atom is 0.258 e. The Hall–Kier alpha value is -2.70. The summed E-state index contributed by atoms with van der Waals surface area (Å²) < 4.78 is 5.34. The number of amides is 2. The smallest absolute Gasteiger partial charge is 0.258 e. The van der Waals surface area contributed by atoms with Crippen LogP contribution >= 0.6 is 0 Å². The quantitative estimate of drug-likeness (QED) is 0.813. The molecule has 1 aromatic carbocycles. The maximum absolute atomic E-state index is 12.7. The van der Waals surface area contributed by atoms with Crippen molar-refractivity contribution in [3.05, 3.63) is 35.7 Å². The number of nitrogens with zero attached hydrogens (tertiary/aromatic N) is 4. The Kier molecular flexibility index (Phi) is 5.54. The van der Waals surface area contributed by atoms with Crippen molar-refractivity contribution >= 4 is 11.8 Å². The van der Waals surface area contributed by atoms with E-state index in [9.17, 15) is 9.59 Å². The van der Waals surface area contributed by atoms with Gasteiger partial charge in [-0.2, -0.15) is 4.98 Å². The van der Waals surface area contributed by atoms with Crippen LogP contribution in [-0.2, 0) is 16.0 Å². The Morgan fingerprint density at radius 1 is 1.21 bits per heavy atom. The van der Waals surface area contributed by atoms with Gasteiger partial charge in [0.1, 0.15) is 0 Å². The van der Waals surface area contributed by atoms with Crippen molar-refractivity contribution < 1.29 is 14.1 Å². The first-order valence-electron chi connectivity index (χ1n) is 9.64. The molecule has 0 N–H and O–H groups in total. The van der Waals surface area contributed by atoms with E-state index in [0.29, 0.717) is 31.3 Å². The number of aryl methyl sites for hydroxylation is 1. The van der Waals surface area contributed by atoms with Crippen LogP contribution in [0.2, 0.25) is 0 Å². The van der Waals surface area contributed by atoms with Gasteiger partial charge in [-0.1, -0.05) is 44.1 Å². The highest BCUT2D eigenvalue weighted by atomic mass is 16.5. The second-order valence-electron chi connectivity index (χ2n) is 8.44. The summed E-state index contributed by atoms with van der Waals surface area (Å²) in [4.78, 5) is 33.3. The number of rotatable bonds is 3. The average molecular weight is 384 g/mol. The van der Waals surface area contributed by atoms with Crippen LogP contribution in [0, 0.1) is 12.3 Å². The molecule has 1 saturated heterocycles. The first-order valence-corrected chi connectivity index (χ1v) is 9.64. The molecule has 28 heavy (non-hydrogen) atoms. The highest BCUT2D eigenvalue weighted by Crippen LogP contribution is 2.23. The monoisotopic (exact) mass is 384 g/mol. The number of aromatic nitrogens is 2. The molecule has 1 atom stereocenters. The van der Waals surface area contributed by atoms with Crippen molar-refractivity contribution in [3.63, 3.8) is 0 Å². The van der Waals surface area contributed by atoms with Gasteiger partial charge >= 0.3 is 0 Å². The third-order valence-corrected chi connectivity index (χ3v) is 5.04. The molecule has 0 aliphatic carbocycles. The molecule has 2 aromatic rings. The molecular weight excluding hydrogens is 356 g/mol. The van der Waals surface area contributed by atoms with Gasteiger partial charge in [-0.3, -0.25) is 9.59 Å². The molecular formula is C21H28N4O3. The summed E-state index contributed by atoms with van der Waals surface area (Å²) in [6.07, 6.45) is 0.0926. The van der Waals surface area contributed by atoms with E-state index in [1.165, 1.54) is 0 Å². The summed E-state index contributed by atoms with van der Waals surface area (Å²) in [5.41, 5.74) is 1.49. The van der Waals surface area contributed by atoms with E-state index in [1.807, 2.05) is 63.8 Å². The summed E-state index contributed by atoms with van der Waals surface area (Å²) in [5.74, 6) is 0.874. The largest absolute Gasteiger partial charge is 0.338 e. The van der Waals surface area contributed by atoms with Crippen LogP contribution in [0.3, 0.4) is 0 Å². The molecule has 1 fully saturated rings. The van der Waals surface area contributed by atoms with Gasteiger partial charge in [-0.25, -0.2) is 0 Å². The van der Waals surface area contributed by atoms with Crippen molar-refractivity contribution in [1.82, 2.24) is 19.9 Å². The van der Waals surface area contributed by atoms with Gasteiger partial charge in [0.15, 0.2) is 5.82 Å². The topological polar surface area (TPSA) is 79.5 Å². The molecule has 150 valence electrons. The Morgan fingerprint density at radius 2 is 1.93 bits per heavy atom. The maximum atomic E-state index is 12.7. The molecule has 1 aliphatic rings. The Balaban J connectivity index is 1.62. The lowest BCUT2D eigenvalue weighted by molar-refractivity contribution is -0.148. The van der Waals surface area contributed by atoms with Gasteiger partial charge in [0.2, 0.25) is 11.8 Å². The third-order valence-electron chi connectivity index (χ3n) is 5.04. The Bertz CT molecular complexity index is 869. The summed E-state index contributed by atoms with van der Waals surface area (Å²) >= 11 is 0. The highest BCUT2D eigenvalue weighted by molar-refractivity contribution is 5.83. The average Bonchev–Trinajstić information content (AvgIpc) is 3.08. The lowest BCUT2D eigenvalue weighted by Crippen LogP contribution is -2.57. The van der Waals surface area contributed by atoms with Crippen LogP contribution < -0.4 is 0 Å².